The van der Waals surface area contributed by atoms with E-state index in [0.717, 1.165) is 11.3 Å². The van der Waals surface area contributed by atoms with Crippen molar-refractivity contribution < 1.29 is 29.3 Å². The third kappa shape index (κ3) is 2.58. The van der Waals surface area contributed by atoms with Crippen LogP contribution in [0.2, 0.25) is 0 Å². The number of hydrogen-bond donors (Lipinski definition) is 3. The average molecular weight is 351 g/mol. The van der Waals surface area contributed by atoms with Gasteiger partial charge in [0.2, 0.25) is 0 Å². The molecule has 0 aromatic carbocycles. The number of aliphatic carboxylic acids is 1. The Labute approximate surface area is 140 Å². The van der Waals surface area contributed by atoms with Gasteiger partial charge in [0.1, 0.15) is 11.6 Å². The van der Waals surface area contributed by atoms with Crippen LogP contribution in [0.15, 0.2) is 46.6 Å². The topological polar surface area (TPSA) is 98.1 Å². The Morgan fingerprint density at radius 3 is 2.67 bits per heavy atom. The summed E-state index contributed by atoms with van der Waals surface area (Å²) in [5.74, 6) is -2.81. The molecule has 0 spiro atoms. The summed E-state index contributed by atoms with van der Waals surface area (Å²) in [6.45, 7) is 1.59. The summed E-state index contributed by atoms with van der Waals surface area (Å²) < 4.78 is 13.9. The molecule has 0 radical (unpaired) electrons. The van der Waals surface area contributed by atoms with Gasteiger partial charge in [-0.1, -0.05) is 11.3 Å². The fourth-order valence-electron chi connectivity index (χ4n) is 3.05. The van der Waals surface area contributed by atoms with Crippen molar-refractivity contribution in [3.8, 4) is 5.06 Å². The van der Waals surface area contributed by atoms with Crippen molar-refractivity contribution in [2.24, 2.45) is 0 Å². The molecule has 1 unspecified atom stereocenters. The van der Waals surface area contributed by atoms with Gasteiger partial charge < -0.3 is 20.2 Å². The Kier molecular flexibility index (Phi) is 3.92. The van der Waals surface area contributed by atoms with E-state index in [1.54, 1.807) is 6.92 Å². The minimum Gasteiger partial charge on any atom is -0.505 e. The Morgan fingerprint density at radius 1 is 1.38 bits per heavy atom. The zero-order valence-electron chi connectivity index (χ0n) is 12.6. The largest absolute Gasteiger partial charge is 0.505 e. The van der Waals surface area contributed by atoms with Crippen LogP contribution < -0.4 is 0 Å². The zero-order chi connectivity index (χ0) is 17.6. The number of carboxylic acid groups (broad SMARTS) is 1. The highest BCUT2D eigenvalue weighted by Gasteiger charge is 2.41. The third-order valence-corrected chi connectivity index (χ3v) is 4.99. The smallest absolute Gasteiger partial charge is 0.307 e. The second kappa shape index (κ2) is 5.79. The summed E-state index contributed by atoms with van der Waals surface area (Å²) >= 11 is 0.891. The first-order chi connectivity index (χ1) is 11.3. The van der Waals surface area contributed by atoms with E-state index in [9.17, 15) is 24.2 Å². The normalized spacial score (nSPS) is 20.3. The maximum absolute atomic E-state index is 13.9. The van der Waals surface area contributed by atoms with Crippen LogP contribution >= 0.6 is 11.3 Å². The summed E-state index contributed by atoms with van der Waals surface area (Å²) in [4.78, 5) is 25.5. The number of allylic oxidation sites excluding steroid dienone is 2. The molecule has 0 fully saturated rings. The lowest BCUT2D eigenvalue weighted by Crippen LogP contribution is -2.36. The molecule has 0 saturated heterocycles. The van der Waals surface area contributed by atoms with E-state index in [0.29, 0.717) is 16.8 Å². The van der Waals surface area contributed by atoms with Crippen LogP contribution in [0.1, 0.15) is 29.4 Å². The number of nitrogens with zero attached hydrogens (tertiary/aromatic N) is 1. The molecule has 0 saturated carbocycles. The molecule has 1 atom stereocenters. The number of carbonyl (C=O) groups excluding carboxylic acids is 1. The molecule has 1 aliphatic heterocycles. The molecule has 1 aliphatic carbocycles. The first-order valence-electron chi connectivity index (χ1n) is 7.13. The van der Waals surface area contributed by atoms with Crippen LogP contribution in [0.25, 0.3) is 0 Å². The maximum Gasteiger partial charge on any atom is 0.307 e. The number of aliphatic hydroxyl groups excluding tert-OH is 1. The molecule has 1 aromatic rings. The first kappa shape index (κ1) is 16.3. The van der Waals surface area contributed by atoms with Crippen molar-refractivity contribution in [1.82, 2.24) is 4.90 Å². The van der Waals surface area contributed by atoms with Gasteiger partial charge in [0.15, 0.2) is 5.06 Å². The highest BCUT2D eigenvalue weighted by Crippen LogP contribution is 2.43. The molecule has 3 rings (SSSR count). The molecular weight excluding hydrogens is 337 g/mol. The number of aliphatic hydroxyl groups is 1. The molecule has 24 heavy (non-hydrogen) atoms. The van der Waals surface area contributed by atoms with Gasteiger partial charge in [0.25, 0.3) is 5.91 Å². The van der Waals surface area contributed by atoms with Gasteiger partial charge in [0, 0.05) is 12.1 Å². The molecule has 2 aliphatic rings. The standard InChI is InChI=1S/C16H14FNO5S/c1-7-8(5-14(20)21)9-4-12(19)10(17)6-11(9)18(7)16(23)13-2-3-15(22)24-13/h2-4,11,19,22H,5-6H2,1H3,(H,20,21). The van der Waals surface area contributed by atoms with Crippen LogP contribution in [0.3, 0.4) is 0 Å². The van der Waals surface area contributed by atoms with Crippen molar-refractivity contribution in [3.63, 3.8) is 0 Å². The summed E-state index contributed by atoms with van der Waals surface area (Å²) in [7, 11) is 0. The lowest BCUT2D eigenvalue weighted by Gasteiger charge is -2.28. The molecule has 1 aromatic heterocycles. The number of amides is 1. The Balaban J connectivity index is 2.06. The molecule has 2 heterocycles. The van der Waals surface area contributed by atoms with Crippen molar-refractivity contribution in [2.75, 3.05) is 0 Å². The molecule has 1 amide bonds. The predicted molar refractivity (Wildman–Crippen MR) is 84.4 cm³/mol. The average Bonchev–Trinajstić information content (AvgIpc) is 3.03. The highest BCUT2D eigenvalue weighted by molar-refractivity contribution is 7.15. The van der Waals surface area contributed by atoms with Crippen molar-refractivity contribution >= 4 is 23.2 Å². The first-order valence-corrected chi connectivity index (χ1v) is 7.94. The van der Waals surface area contributed by atoms with Gasteiger partial charge in [0.05, 0.1) is 17.3 Å². The van der Waals surface area contributed by atoms with Gasteiger partial charge in [-0.25, -0.2) is 4.39 Å². The van der Waals surface area contributed by atoms with E-state index in [1.165, 1.54) is 23.1 Å². The number of thiophene rings is 1. The van der Waals surface area contributed by atoms with Crippen LogP contribution in [-0.4, -0.2) is 38.1 Å². The van der Waals surface area contributed by atoms with Gasteiger partial charge in [-0.05, 0) is 36.3 Å². The minimum absolute atomic E-state index is 0.0203. The molecule has 6 nitrogen and oxygen atoms in total. The van der Waals surface area contributed by atoms with Crippen molar-refractivity contribution in [2.45, 2.75) is 25.8 Å². The number of hydrogen-bond acceptors (Lipinski definition) is 5. The number of carbonyl (C=O) groups is 2. The van der Waals surface area contributed by atoms with Gasteiger partial charge in [-0.2, -0.15) is 0 Å². The van der Waals surface area contributed by atoms with Crippen LogP contribution in [0, 0.1) is 0 Å². The number of carboxylic acids is 1. The maximum atomic E-state index is 13.9. The second-order valence-corrected chi connectivity index (χ2v) is 6.62. The molecule has 8 heteroatoms. The Morgan fingerprint density at radius 2 is 2.08 bits per heavy atom. The Hall–Kier alpha value is -2.61. The van der Waals surface area contributed by atoms with Crippen molar-refractivity contribution in [1.29, 1.82) is 0 Å². The summed E-state index contributed by atoms with van der Waals surface area (Å²) in [5, 5.41) is 28.1. The van der Waals surface area contributed by atoms with Crippen molar-refractivity contribution in [3.05, 3.63) is 51.5 Å². The fraction of sp³-hybridized carbons (Fsp3) is 0.250. The van der Waals surface area contributed by atoms with E-state index in [-0.39, 0.29) is 22.8 Å². The lowest BCUT2D eigenvalue weighted by atomic mass is 9.92. The number of halogens is 1. The lowest BCUT2D eigenvalue weighted by molar-refractivity contribution is -0.136. The fourth-order valence-corrected chi connectivity index (χ4v) is 3.73. The molecule has 0 bridgehead atoms. The van der Waals surface area contributed by atoms with E-state index >= 15 is 0 Å². The van der Waals surface area contributed by atoms with E-state index < -0.39 is 29.5 Å². The van der Waals surface area contributed by atoms with Crippen LogP contribution in [0.4, 0.5) is 4.39 Å². The summed E-state index contributed by atoms with van der Waals surface area (Å²) in [5.41, 5.74) is 1.23. The predicted octanol–water partition coefficient (Wildman–Crippen LogP) is 3.10. The Bertz CT molecular complexity index is 835. The van der Waals surface area contributed by atoms with E-state index in [2.05, 4.69) is 0 Å². The van der Waals surface area contributed by atoms with Gasteiger partial charge in [-0.15, -0.1) is 0 Å². The van der Waals surface area contributed by atoms with Crippen LogP contribution in [0.5, 0.6) is 5.06 Å². The zero-order valence-corrected chi connectivity index (χ0v) is 13.4. The van der Waals surface area contributed by atoms with Crippen LogP contribution in [-0.2, 0) is 4.79 Å². The third-order valence-electron chi connectivity index (χ3n) is 4.11. The minimum atomic E-state index is -1.08. The number of aromatic hydroxyl groups is 1. The summed E-state index contributed by atoms with van der Waals surface area (Å²) in [6, 6.07) is 2.14. The van der Waals surface area contributed by atoms with Gasteiger partial charge in [-0.3, -0.25) is 9.59 Å². The number of rotatable bonds is 3. The monoisotopic (exact) mass is 351 g/mol. The SMILES string of the molecule is CC1=C(CC(=O)O)C2=CC(O)=C(F)CC2N1C(=O)c1ccc(O)s1. The second-order valence-electron chi connectivity index (χ2n) is 5.56. The quantitative estimate of drug-likeness (QED) is 0.777. The van der Waals surface area contributed by atoms with Gasteiger partial charge >= 0.3 is 5.97 Å². The summed E-state index contributed by atoms with van der Waals surface area (Å²) in [6.07, 6.45) is 0.633. The molecule has 3 N–H and O–H groups in total. The van der Waals surface area contributed by atoms with E-state index in [1.807, 2.05) is 0 Å². The molecular formula is C16H14FNO5S. The highest BCUT2D eigenvalue weighted by atomic mass is 32.1. The number of fused-ring (bicyclic) bond motifs is 1. The van der Waals surface area contributed by atoms with E-state index in [4.69, 9.17) is 5.11 Å². The molecule has 126 valence electrons.